The topological polar surface area (TPSA) is 85.8 Å². The molecule has 10 heteroatoms. The van der Waals surface area contributed by atoms with E-state index in [9.17, 15) is 22.4 Å². The van der Waals surface area contributed by atoms with Gasteiger partial charge in [0.05, 0.1) is 11.3 Å². The Balaban J connectivity index is 1.88. The summed E-state index contributed by atoms with van der Waals surface area (Å²) < 4.78 is 53.3. The van der Waals surface area contributed by atoms with Gasteiger partial charge in [-0.15, -0.1) is 0 Å². The van der Waals surface area contributed by atoms with Crippen molar-refractivity contribution in [2.45, 2.75) is 13.1 Å². The summed E-state index contributed by atoms with van der Waals surface area (Å²) in [5.74, 6) is -1.49. The highest BCUT2D eigenvalue weighted by Gasteiger charge is 2.35. The lowest BCUT2D eigenvalue weighted by Crippen LogP contribution is -2.15. The number of nitrogens with one attached hydrogen (secondary N) is 1. The number of carbonyl (C=O) groups is 1. The number of anilines is 2. The first-order chi connectivity index (χ1) is 13.1. The molecule has 0 saturated heterocycles. The lowest BCUT2D eigenvalue weighted by Gasteiger charge is -2.10. The van der Waals surface area contributed by atoms with Gasteiger partial charge in [0.15, 0.2) is 5.69 Å². The van der Waals surface area contributed by atoms with Gasteiger partial charge in [-0.2, -0.15) is 18.3 Å². The second-order valence-corrected chi connectivity index (χ2v) is 6.10. The first-order valence-electron chi connectivity index (χ1n) is 8.02. The van der Waals surface area contributed by atoms with Gasteiger partial charge in [-0.25, -0.2) is 9.37 Å². The number of hydrogen-bond acceptors (Lipinski definition) is 4. The van der Waals surface area contributed by atoms with Gasteiger partial charge in [0.1, 0.15) is 17.5 Å². The summed E-state index contributed by atoms with van der Waals surface area (Å²) in [5, 5.41) is 5.84. The molecule has 0 spiro atoms. The molecule has 0 atom stereocenters. The van der Waals surface area contributed by atoms with E-state index in [1.807, 2.05) is 0 Å². The molecule has 0 saturated carbocycles. The molecule has 6 nitrogen and oxygen atoms in total. The van der Waals surface area contributed by atoms with Crippen molar-refractivity contribution in [3.05, 3.63) is 59.0 Å². The van der Waals surface area contributed by atoms with E-state index in [4.69, 9.17) is 5.73 Å². The number of aryl methyl sites for hydroxylation is 2. The summed E-state index contributed by atoms with van der Waals surface area (Å²) in [7, 11) is 1.35. The molecular weight excluding hydrogens is 378 g/mol. The standard InChI is InChI=1S/C18H15F4N5O/c1-9-3-5-12(19)11(7-9)17(28)25-15-6-4-10(16(23)24-15)13-8-14(18(20,21)22)26-27(13)2/h3-8H,1-2H3,(H3,23,24,25,28). The maximum absolute atomic E-state index is 13.8. The van der Waals surface area contributed by atoms with E-state index in [2.05, 4.69) is 15.4 Å². The molecule has 0 aliphatic carbocycles. The fourth-order valence-corrected chi connectivity index (χ4v) is 2.62. The predicted molar refractivity (Wildman–Crippen MR) is 94.9 cm³/mol. The van der Waals surface area contributed by atoms with Gasteiger partial charge in [-0.05, 0) is 37.3 Å². The van der Waals surface area contributed by atoms with E-state index < -0.39 is 23.6 Å². The van der Waals surface area contributed by atoms with Gasteiger partial charge >= 0.3 is 6.18 Å². The van der Waals surface area contributed by atoms with Crippen molar-refractivity contribution in [2.24, 2.45) is 7.05 Å². The zero-order valence-electron chi connectivity index (χ0n) is 14.8. The number of nitrogen functional groups attached to an aromatic ring is 1. The molecule has 146 valence electrons. The Hall–Kier alpha value is -3.43. The minimum atomic E-state index is -4.59. The summed E-state index contributed by atoms with van der Waals surface area (Å²) >= 11 is 0. The van der Waals surface area contributed by atoms with Crippen LogP contribution in [-0.2, 0) is 13.2 Å². The number of hydrogen-bond donors (Lipinski definition) is 2. The second-order valence-electron chi connectivity index (χ2n) is 6.10. The van der Waals surface area contributed by atoms with Crippen LogP contribution in [0.15, 0.2) is 36.4 Å². The molecule has 1 amide bonds. The molecule has 1 aromatic carbocycles. The number of rotatable bonds is 3. The van der Waals surface area contributed by atoms with Crippen LogP contribution in [0.4, 0.5) is 29.2 Å². The van der Waals surface area contributed by atoms with Crippen molar-refractivity contribution in [3.63, 3.8) is 0 Å². The zero-order valence-corrected chi connectivity index (χ0v) is 14.8. The summed E-state index contributed by atoms with van der Waals surface area (Å²) in [6.45, 7) is 1.71. The number of pyridine rings is 1. The van der Waals surface area contributed by atoms with Gasteiger partial charge in [0.2, 0.25) is 0 Å². The summed E-state index contributed by atoms with van der Waals surface area (Å²) in [6, 6.07) is 7.71. The Kier molecular flexibility index (Phi) is 4.80. The van der Waals surface area contributed by atoms with Gasteiger partial charge in [0, 0.05) is 12.6 Å². The Morgan fingerprint density at radius 1 is 1.18 bits per heavy atom. The largest absolute Gasteiger partial charge is 0.435 e. The Bertz CT molecular complexity index is 1060. The minimum Gasteiger partial charge on any atom is -0.383 e. The monoisotopic (exact) mass is 393 g/mol. The van der Waals surface area contributed by atoms with E-state index in [0.29, 0.717) is 5.56 Å². The highest BCUT2D eigenvalue weighted by Crippen LogP contribution is 2.33. The van der Waals surface area contributed by atoms with E-state index in [0.717, 1.165) is 10.7 Å². The summed E-state index contributed by atoms with van der Waals surface area (Å²) in [6.07, 6.45) is -4.59. The molecule has 3 rings (SSSR count). The van der Waals surface area contributed by atoms with Crippen molar-refractivity contribution >= 4 is 17.5 Å². The molecule has 3 aromatic rings. The molecule has 3 N–H and O–H groups in total. The number of carbonyl (C=O) groups excluding carboxylic acids is 1. The van der Waals surface area contributed by atoms with Crippen molar-refractivity contribution in [1.82, 2.24) is 14.8 Å². The third-order valence-electron chi connectivity index (χ3n) is 3.98. The summed E-state index contributed by atoms with van der Waals surface area (Å²) in [4.78, 5) is 16.2. The van der Waals surface area contributed by atoms with Gasteiger partial charge in [-0.1, -0.05) is 11.6 Å². The average Bonchev–Trinajstić information content (AvgIpc) is 2.99. The van der Waals surface area contributed by atoms with Crippen LogP contribution in [0.3, 0.4) is 0 Å². The van der Waals surface area contributed by atoms with E-state index >= 15 is 0 Å². The molecule has 0 aliphatic rings. The lowest BCUT2D eigenvalue weighted by molar-refractivity contribution is -0.141. The number of alkyl halides is 3. The maximum Gasteiger partial charge on any atom is 0.435 e. The van der Waals surface area contributed by atoms with Gasteiger partial charge < -0.3 is 11.1 Å². The molecule has 28 heavy (non-hydrogen) atoms. The fraction of sp³-hybridized carbons (Fsp3) is 0.167. The normalized spacial score (nSPS) is 11.5. The van der Waals surface area contributed by atoms with Crippen LogP contribution in [0, 0.1) is 12.7 Å². The first kappa shape index (κ1) is 19.3. The average molecular weight is 393 g/mol. The molecule has 0 unspecified atom stereocenters. The number of benzene rings is 1. The first-order valence-corrected chi connectivity index (χ1v) is 8.02. The quantitative estimate of drug-likeness (QED) is 0.663. The van der Waals surface area contributed by atoms with Crippen molar-refractivity contribution in [2.75, 3.05) is 11.1 Å². The van der Waals surface area contributed by atoms with Crippen LogP contribution in [0.5, 0.6) is 0 Å². The SMILES string of the molecule is Cc1ccc(F)c(C(=O)Nc2ccc(-c3cc(C(F)(F)F)nn3C)c(N)n2)c1. The Morgan fingerprint density at radius 2 is 1.89 bits per heavy atom. The van der Waals surface area contributed by atoms with E-state index in [1.165, 1.54) is 37.4 Å². The molecule has 0 fully saturated rings. The molecule has 2 aromatic heterocycles. The number of halogens is 4. The van der Waals surface area contributed by atoms with Crippen LogP contribution in [0.2, 0.25) is 0 Å². The smallest absolute Gasteiger partial charge is 0.383 e. The molecule has 2 heterocycles. The molecule has 0 radical (unpaired) electrons. The fourth-order valence-electron chi connectivity index (χ4n) is 2.62. The highest BCUT2D eigenvalue weighted by molar-refractivity contribution is 6.04. The van der Waals surface area contributed by atoms with Gasteiger partial charge in [0.25, 0.3) is 5.91 Å². The molecule has 0 bridgehead atoms. The van der Waals surface area contributed by atoms with Crippen LogP contribution in [0.25, 0.3) is 11.3 Å². The molecule has 0 aliphatic heterocycles. The second kappa shape index (κ2) is 6.95. The third-order valence-corrected chi connectivity index (χ3v) is 3.98. The van der Waals surface area contributed by atoms with Crippen LogP contribution in [0.1, 0.15) is 21.6 Å². The lowest BCUT2D eigenvalue weighted by atomic mass is 10.1. The maximum atomic E-state index is 13.8. The van der Waals surface area contributed by atoms with E-state index in [1.54, 1.807) is 6.92 Å². The highest BCUT2D eigenvalue weighted by atomic mass is 19.4. The summed E-state index contributed by atoms with van der Waals surface area (Å²) in [5.41, 5.74) is 5.65. The predicted octanol–water partition coefficient (Wildman–Crippen LogP) is 3.78. The Labute approximate surface area is 157 Å². The van der Waals surface area contributed by atoms with Crippen LogP contribution < -0.4 is 11.1 Å². The van der Waals surface area contributed by atoms with Crippen LogP contribution >= 0.6 is 0 Å². The van der Waals surface area contributed by atoms with Crippen molar-refractivity contribution in [3.8, 4) is 11.3 Å². The minimum absolute atomic E-state index is 0.0327. The van der Waals surface area contributed by atoms with Crippen molar-refractivity contribution in [1.29, 1.82) is 0 Å². The number of amides is 1. The van der Waals surface area contributed by atoms with Crippen molar-refractivity contribution < 1.29 is 22.4 Å². The Morgan fingerprint density at radius 3 is 2.50 bits per heavy atom. The third kappa shape index (κ3) is 3.80. The number of aromatic nitrogens is 3. The number of nitrogens with zero attached hydrogens (tertiary/aromatic N) is 3. The number of nitrogens with two attached hydrogens (primary N) is 1. The van der Waals surface area contributed by atoms with Crippen LogP contribution in [-0.4, -0.2) is 20.7 Å². The van der Waals surface area contributed by atoms with Gasteiger partial charge in [-0.3, -0.25) is 9.48 Å². The zero-order chi connectivity index (χ0) is 20.6. The molecular formula is C18H15F4N5O. The van der Waals surface area contributed by atoms with E-state index in [-0.39, 0.29) is 28.5 Å².